The third kappa shape index (κ3) is 3.20. The highest BCUT2D eigenvalue weighted by atomic mass is 16.2. The van der Waals surface area contributed by atoms with Crippen LogP contribution >= 0.6 is 0 Å². The van der Waals surface area contributed by atoms with Crippen molar-refractivity contribution >= 4 is 23.1 Å². The van der Waals surface area contributed by atoms with Crippen LogP contribution in [0.4, 0.5) is 5.69 Å². The molecular weight excluding hydrogens is 312 g/mol. The number of carbonyl (C=O) groups is 2. The van der Waals surface area contributed by atoms with Gasteiger partial charge in [-0.1, -0.05) is 48.9 Å². The number of hydrogen-bond donors (Lipinski definition) is 1. The summed E-state index contributed by atoms with van der Waals surface area (Å²) in [6.45, 7) is 6.36. The normalized spacial score (nSPS) is 14.4. The van der Waals surface area contributed by atoms with Crippen LogP contribution in [0.5, 0.6) is 0 Å². The molecule has 0 fully saturated rings. The first-order valence-corrected chi connectivity index (χ1v) is 8.53. The Kier molecular flexibility index (Phi) is 4.70. The van der Waals surface area contributed by atoms with Gasteiger partial charge < -0.3 is 5.32 Å². The second-order valence-electron chi connectivity index (χ2n) is 6.32. The molecule has 1 aliphatic heterocycles. The Bertz CT molecular complexity index is 853. The Morgan fingerprint density at radius 2 is 1.68 bits per heavy atom. The van der Waals surface area contributed by atoms with Crippen LogP contribution in [0.3, 0.4) is 0 Å². The van der Waals surface area contributed by atoms with E-state index in [4.69, 9.17) is 0 Å². The number of nitrogens with zero attached hydrogens (tertiary/aromatic N) is 1. The molecule has 0 aliphatic carbocycles. The Hall–Kier alpha value is -2.88. The van der Waals surface area contributed by atoms with E-state index >= 15 is 0 Å². The molecule has 2 amide bonds. The molecular formula is C21H22N2O2. The van der Waals surface area contributed by atoms with Crippen molar-refractivity contribution in [3.8, 4) is 0 Å². The van der Waals surface area contributed by atoms with E-state index in [-0.39, 0.29) is 11.8 Å². The van der Waals surface area contributed by atoms with E-state index in [1.165, 1.54) is 4.90 Å². The van der Waals surface area contributed by atoms with E-state index in [1.807, 2.05) is 69.3 Å². The van der Waals surface area contributed by atoms with Crippen LogP contribution < -0.4 is 5.32 Å². The lowest BCUT2D eigenvalue weighted by Crippen LogP contribution is -2.33. The molecule has 0 aromatic heterocycles. The van der Waals surface area contributed by atoms with Crippen LogP contribution in [0.1, 0.15) is 30.0 Å². The Balaban J connectivity index is 2.12. The molecule has 2 aromatic carbocycles. The van der Waals surface area contributed by atoms with Gasteiger partial charge in [-0.15, -0.1) is 0 Å². The third-order valence-electron chi connectivity index (χ3n) is 4.31. The van der Waals surface area contributed by atoms with Crippen LogP contribution in [0.2, 0.25) is 0 Å². The predicted octanol–water partition coefficient (Wildman–Crippen LogP) is 3.91. The maximum Gasteiger partial charge on any atom is 0.278 e. The first-order chi connectivity index (χ1) is 12.0. The molecule has 0 radical (unpaired) electrons. The zero-order valence-corrected chi connectivity index (χ0v) is 14.8. The van der Waals surface area contributed by atoms with Gasteiger partial charge in [0.1, 0.15) is 5.70 Å². The van der Waals surface area contributed by atoms with Gasteiger partial charge in [0.05, 0.1) is 5.57 Å². The minimum atomic E-state index is -0.259. The number of carbonyl (C=O) groups excluding carboxylic acids is 2. The summed E-state index contributed by atoms with van der Waals surface area (Å²) >= 11 is 0. The summed E-state index contributed by atoms with van der Waals surface area (Å²) in [5.74, 6) is -0.483. The molecule has 4 nitrogen and oxygen atoms in total. The van der Waals surface area contributed by atoms with E-state index in [1.54, 1.807) is 0 Å². The monoisotopic (exact) mass is 334 g/mol. The van der Waals surface area contributed by atoms with Crippen LogP contribution in [-0.2, 0) is 9.59 Å². The van der Waals surface area contributed by atoms with Gasteiger partial charge in [0, 0.05) is 12.2 Å². The van der Waals surface area contributed by atoms with Gasteiger partial charge in [-0.3, -0.25) is 14.5 Å². The third-order valence-corrected chi connectivity index (χ3v) is 4.31. The number of aryl methyl sites for hydroxylation is 2. The molecule has 1 N–H and O–H groups in total. The number of rotatable bonds is 5. The number of para-hydroxylation sites is 1. The molecule has 0 saturated heterocycles. The van der Waals surface area contributed by atoms with Crippen molar-refractivity contribution in [1.29, 1.82) is 0 Å². The van der Waals surface area contributed by atoms with Gasteiger partial charge in [-0.05, 0) is 43.5 Å². The molecule has 4 heteroatoms. The Morgan fingerprint density at radius 1 is 0.960 bits per heavy atom. The molecule has 1 aliphatic rings. The highest BCUT2D eigenvalue weighted by Crippen LogP contribution is 2.32. The molecule has 25 heavy (non-hydrogen) atoms. The molecule has 128 valence electrons. The standard InChI is InChI=1S/C21H22N2O2/c1-4-12-23-20(24)18(17-11-10-14(2)13-15(17)3)19(21(23)25)22-16-8-6-5-7-9-16/h5-11,13,22H,4,12H2,1-3H3. The lowest BCUT2D eigenvalue weighted by atomic mass is 9.97. The fourth-order valence-electron chi connectivity index (χ4n) is 3.13. The van der Waals surface area contributed by atoms with Crippen molar-refractivity contribution in [2.75, 3.05) is 11.9 Å². The topological polar surface area (TPSA) is 49.4 Å². The quantitative estimate of drug-likeness (QED) is 0.844. The van der Waals surface area contributed by atoms with Crippen LogP contribution in [0, 0.1) is 13.8 Å². The van der Waals surface area contributed by atoms with Gasteiger partial charge in [0.15, 0.2) is 0 Å². The summed E-state index contributed by atoms with van der Waals surface area (Å²) in [7, 11) is 0. The summed E-state index contributed by atoms with van der Waals surface area (Å²) in [5.41, 5.74) is 4.53. The van der Waals surface area contributed by atoms with Gasteiger partial charge in [0.25, 0.3) is 11.8 Å². The number of imide groups is 1. The van der Waals surface area contributed by atoms with Crippen molar-refractivity contribution in [3.05, 3.63) is 70.9 Å². The fraction of sp³-hybridized carbons (Fsp3) is 0.238. The highest BCUT2D eigenvalue weighted by molar-refractivity contribution is 6.36. The van der Waals surface area contributed by atoms with Gasteiger partial charge in [-0.25, -0.2) is 0 Å². The number of hydrogen-bond acceptors (Lipinski definition) is 3. The van der Waals surface area contributed by atoms with Crippen molar-refractivity contribution in [2.45, 2.75) is 27.2 Å². The maximum atomic E-state index is 13.0. The maximum absolute atomic E-state index is 13.0. The molecule has 2 aromatic rings. The lowest BCUT2D eigenvalue weighted by Gasteiger charge is -2.14. The summed E-state index contributed by atoms with van der Waals surface area (Å²) in [5, 5.41) is 3.17. The molecule has 0 spiro atoms. The van der Waals surface area contributed by atoms with Crippen molar-refractivity contribution in [2.24, 2.45) is 0 Å². The van der Waals surface area contributed by atoms with Crippen LogP contribution in [-0.4, -0.2) is 23.3 Å². The first kappa shape index (κ1) is 17.0. The SMILES string of the molecule is CCCN1C(=O)C(Nc2ccccc2)=C(c2ccc(C)cc2C)C1=O. The van der Waals surface area contributed by atoms with Crippen molar-refractivity contribution in [3.63, 3.8) is 0 Å². The summed E-state index contributed by atoms with van der Waals surface area (Å²) in [6.07, 6.45) is 0.732. The van der Waals surface area contributed by atoms with Crippen molar-refractivity contribution < 1.29 is 9.59 Å². The van der Waals surface area contributed by atoms with E-state index < -0.39 is 0 Å². The second-order valence-corrected chi connectivity index (χ2v) is 6.32. The van der Waals surface area contributed by atoms with Gasteiger partial charge in [0.2, 0.25) is 0 Å². The Labute approximate surface area is 148 Å². The average molecular weight is 334 g/mol. The van der Waals surface area contributed by atoms with E-state index in [0.717, 1.165) is 28.8 Å². The molecule has 0 saturated carbocycles. The van der Waals surface area contributed by atoms with E-state index in [0.29, 0.717) is 17.8 Å². The van der Waals surface area contributed by atoms with E-state index in [9.17, 15) is 9.59 Å². The molecule has 0 atom stereocenters. The molecule has 1 heterocycles. The predicted molar refractivity (Wildman–Crippen MR) is 99.9 cm³/mol. The number of amides is 2. The Morgan fingerprint density at radius 3 is 2.32 bits per heavy atom. The van der Waals surface area contributed by atoms with E-state index in [2.05, 4.69) is 5.32 Å². The summed E-state index contributed by atoms with van der Waals surface area (Å²) in [4.78, 5) is 27.1. The average Bonchev–Trinajstić information content (AvgIpc) is 2.81. The number of anilines is 1. The second kappa shape index (κ2) is 6.93. The summed E-state index contributed by atoms with van der Waals surface area (Å²) < 4.78 is 0. The van der Waals surface area contributed by atoms with Gasteiger partial charge >= 0.3 is 0 Å². The lowest BCUT2D eigenvalue weighted by molar-refractivity contribution is -0.136. The zero-order valence-electron chi connectivity index (χ0n) is 14.8. The molecule has 0 unspecified atom stereocenters. The number of nitrogens with one attached hydrogen (secondary N) is 1. The number of benzene rings is 2. The molecule has 0 bridgehead atoms. The van der Waals surface area contributed by atoms with Crippen LogP contribution in [0.25, 0.3) is 5.57 Å². The highest BCUT2D eigenvalue weighted by Gasteiger charge is 2.39. The molecule has 3 rings (SSSR count). The van der Waals surface area contributed by atoms with Crippen molar-refractivity contribution in [1.82, 2.24) is 4.90 Å². The summed E-state index contributed by atoms with van der Waals surface area (Å²) in [6, 6.07) is 15.4. The first-order valence-electron chi connectivity index (χ1n) is 8.53. The minimum Gasteiger partial charge on any atom is -0.350 e. The smallest absolute Gasteiger partial charge is 0.278 e. The largest absolute Gasteiger partial charge is 0.350 e. The minimum absolute atomic E-state index is 0.225. The van der Waals surface area contributed by atoms with Gasteiger partial charge in [-0.2, -0.15) is 0 Å². The zero-order chi connectivity index (χ0) is 18.0. The fourth-order valence-corrected chi connectivity index (χ4v) is 3.13. The van der Waals surface area contributed by atoms with Crippen LogP contribution in [0.15, 0.2) is 54.2 Å².